The van der Waals surface area contributed by atoms with E-state index in [0.717, 1.165) is 11.8 Å². The molecule has 26 heavy (non-hydrogen) atoms. The molecule has 0 aliphatic heterocycles. The number of benzene rings is 2. The molecule has 1 amide bonds. The quantitative estimate of drug-likeness (QED) is 0.759. The number of carbonyl (C=O) groups excluding carboxylic acids is 2. The Labute approximate surface area is 157 Å². The molecule has 8 heteroatoms. The zero-order valence-electron chi connectivity index (χ0n) is 14.2. The number of carbonyl (C=O) groups is 2. The van der Waals surface area contributed by atoms with Crippen molar-refractivity contribution < 1.29 is 22.7 Å². The Balaban J connectivity index is 2.31. The topological polar surface area (TPSA) is 89.5 Å². The second-order valence-electron chi connectivity index (χ2n) is 5.63. The number of halogens is 1. The summed E-state index contributed by atoms with van der Waals surface area (Å²) in [4.78, 5) is 24.1. The first-order valence-electron chi connectivity index (χ1n) is 7.64. The van der Waals surface area contributed by atoms with E-state index in [0.29, 0.717) is 0 Å². The third kappa shape index (κ3) is 5.06. The van der Waals surface area contributed by atoms with Crippen LogP contribution in [0.25, 0.3) is 0 Å². The van der Waals surface area contributed by atoms with Crippen molar-refractivity contribution in [2.24, 2.45) is 0 Å². The molecule has 2 rings (SSSR count). The van der Waals surface area contributed by atoms with Gasteiger partial charge >= 0.3 is 5.97 Å². The van der Waals surface area contributed by atoms with E-state index in [1.165, 1.54) is 25.3 Å². The minimum Gasteiger partial charge on any atom is -0.469 e. The van der Waals surface area contributed by atoms with Crippen LogP contribution in [0.2, 0.25) is 5.02 Å². The molecule has 1 N–H and O–H groups in total. The lowest BCUT2D eigenvalue weighted by molar-refractivity contribution is -0.141. The highest BCUT2D eigenvalue weighted by Gasteiger charge is 2.21. The summed E-state index contributed by atoms with van der Waals surface area (Å²) in [7, 11) is -2.31. The molecular formula is C18H18ClNO5S. The summed E-state index contributed by atoms with van der Waals surface area (Å²) in [5.41, 5.74) is 0.851. The molecule has 0 fully saturated rings. The van der Waals surface area contributed by atoms with Crippen molar-refractivity contribution >= 4 is 33.3 Å². The molecular weight excluding hydrogens is 378 g/mol. The van der Waals surface area contributed by atoms with Crippen molar-refractivity contribution in [3.8, 4) is 0 Å². The van der Waals surface area contributed by atoms with Gasteiger partial charge in [0.25, 0.3) is 5.91 Å². The van der Waals surface area contributed by atoms with Crippen LogP contribution < -0.4 is 5.32 Å². The van der Waals surface area contributed by atoms with Gasteiger partial charge in [0.2, 0.25) is 0 Å². The third-order valence-corrected chi connectivity index (χ3v) is 5.28. The molecule has 2 aromatic rings. The summed E-state index contributed by atoms with van der Waals surface area (Å²) in [5, 5.41) is 2.78. The second-order valence-corrected chi connectivity index (χ2v) is 8.03. The molecule has 0 saturated heterocycles. The lowest BCUT2D eigenvalue weighted by Gasteiger charge is -2.18. The number of hydrogen-bond donors (Lipinski definition) is 1. The zero-order valence-corrected chi connectivity index (χ0v) is 15.8. The van der Waals surface area contributed by atoms with Crippen molar-refractivity contribution in [3.05, 3.63) is 64.7 Å². The first kappa shape index (κ1) is 19.9. The monoisotopic (exact) mass is 395 g/mol. The van der Waals surface area contributed by atoms with Gasteiger partial charge in [-0.25, -0.2) is 8.42 Å². The lowest BCUT2D eigenvalue weighted by Crippen LogP contribution is -2.30. The van der Waals surface area contributed by atoms with Gasteiger partial charge in [0, 0.05) is 11.8 Å². The van der Waals surface area contributed by atoms with E-state index in [2.05, 4.69) is 10.1 Å². The van der Waals surface area contributed by atoms with E-state index in [1.54, 1.807) is 24.3 Å². The Morgan fingerprint density at radius 1 is 1.15 bits per heavy atom. The molecule has 0 spiro atoms. The van der Waals surface area contributed by atoms with E-state index in [-0.39, 0.29) is 21.9 Å². The molecule has 0 unspecified atom stereocenters. The maximum atomic E-state index is 12.6. The van der Waals surface area contributed by atoms with E-state index < -0.39 is 27.8 Å². The Bertz CT molecular complexity index is 912. The molecule has 2 aromatic carbocycles. The number of amides is 1. The smallest absolute Gasteiger partial charge is 0.307 e. The standard InChI is InChI=1S/C18H18ClNO5S/c1-25-17(21)11-15(12-6-4-3-5-7-12)20-18(22)13-8-9-14(19)16(10-13)26(2,23)24/h3-10,15H,11H2,1-2H3,(H,20,22)/t15-/m0/s1. The number of ether oxygens (including phenoxy) is 1. The van der Waals surface area contributed by atoms with Crippen LogP contribution in [0, 0.1) is 0 Å². The van der Waals surface area contributed by atoms with E-state index >= 15 is 0 Å². The minimum absolute atomic E-state index is 0.0400. The van der Waals surface area contributed by atoms with Gasteiger partial charge in [0.05, 0.1) is 29.5 Å². The summed E-state index contributed by atoms with van der Waals surface area (Å²) in [6, 6.07) is 12.3. The average molecular weight is 396 g/mol. The molecule has 6 nitrogen and oxygen atoms in total. The van der Waals surface area contributed by atoms with Crippen LogP contribution in [0.15, 0.2) is 53.4 Å². The van der Waals surface area contributed by atoms with Crippen LogP contribution >= 0.6 is 11.6 Å². The zero-order chi connectivity index (χ0) is 19.3. The summed E-state index contributed by atoms with van der Waals surface area (Å²) in [6.45, 7) is 0. The second kappa shape index (κ2) is 8.33. The van der Waals surface area contributed by atoms with Crippen molar-refractivity contribution in [1.29, 1.82) is 0 Å². The SMILES string of the molecule is COC(=O)C[C@H](NC(=O)c1ccc(Cl)c(S(C)(=O)=O)c1)c1ccccc1. The lowest BCUT2D eigenvalue weighted by atomic mass is 10.0. The van der Waals surface area contributed by atoms with Crippen molar-refractivity contribution in [2.45, 2.75) is 17.4 Å². The van der Waals surface area contributed by atoms with Crippen molar-refractivity contribution in [1.82, 2.24) is 5.32 Å². The predicted molar refractivity (Wildman–Crippen MR) is 97.8 cm³/mol. The molecule has 0 saturated carbocycles. The maximum Gasteiger partial charge on any atom is 0.307 e. The normalized spacial score (nSPS) is 12.3. The minimum atomic E-state index is -3.58. The van der Waals surface area contributed by atoms with Gasteiger partial charge in [-0.3, -0.25) is 9.59 Å². The third-order valence-electron chi connectivity index (χ3n) is 3.70. The van der Waals surface area contributed by atoms with E-state index in [9.17, 15) is 18.0 Å². The van der Waals surface area contributed by atoms with Crippen LogP contribution in [0.4, 0.5) is 0 Å². The van der Waals surface area contributed by atoms with Crippen LogP contribution in [0.3, 0.4) is 0 Å². The Morgan fingerprint density at radius 3 is 2.38 bits per heavy atom. The number of rotatable bonds is 6. The molecule has 0 aliphatic rings. The first-order chi connectivity index (χ1) is 12.2. The predicted octanol–water partition coefficient (Wildman–Crippen LogP) is 2.78. The average Bonchev–Trinajstić information content (AvgIpc) is 2.61. The highest BCUT2D eigenvalue weighted by Crippen LogP contribution is 2.24. The fourth-order valence-electron chi connectivity index (χ4n) is 2.36. The van der Waals surface area contributed by atoms with Gasteiger partial charge in [-0.1, -0.05) is 41.9 Å². The fourth-order valence-corrected chi connectivity index (χ4v) is 3.66. The maximum absolute atomic E-state index is 12.6. The highest BCUT2D eigenvalue weighted by molar-refractivity contribution is 7.90. The molecule has 0 radical (unpaired) electrons. The number of nitrogens with one attached hydrogen (secondary N) is 1. The van der Waals surface area contributed by atoms with Crippen LogP contribution in [0.1, 0.15) is 28.4 Å². The van der Waals surface area contributed by atoms with Crippen LogP contribution in [-0.4, -0.2) is 33.7 Å². The fraction of sp³-hybridized carbons (Fsp3) is 0.222. The number of esters is 1. The molecule has 138 valence electrons. The molecule has 0 aliphatic carbocycles. The van der Waals surface area contributed by atoms with Crippen LogP contribution in [-0.2, 0) is 19.4 Å². The first-order valence-corrected chi connectivity index (χ1v) is 9.91. The van der Waals surface area contributed by atoms with Gasteiger partial charge in [-0.15, -0.1) is 0 Å². The summed E-state index contributed by atoms with van der Waals surface area (Å²) in [6.07, 6.45) is 0.957. The van der Waals surface area contributed by atoms with Gasteiger partial charge in [0.1, 0.15) is 0 Å². The number of methoxy groups -OCH3 is 1. The Hall–Kier alpha value is -2.38. The van der Waals surface area contributed by atoms with Crippen LogP contribution in [0.5, 0.6) is 0 Å². The Morgan fingerprint density at radius 2 is 1.81 bits per heavy atom. The van der Waals surface area contributed by atoms with E-state index in [1.807, 2.05) is 6.07 Å². The molecule has 0 aromatic heterocycles. The summed E-state index contributed by atoms with van der Waals surface area (Å²) < 4.78 is 28.2. The van der Waals surface area contributed by atoms with E-state index in [4.69, 9.17) is 11.6 Å². The van der Waals surface area contributed by atoms with Gasteiger partial charge in [-0.05, 0) is 23.8 Å². The van der Waals surface area contributed by atoms with Gasteiger partial charge in [0.15, 0.2) is 9.84 Å². The molecule has 0 heterocycles. The largest absolute Gasteiger partial charge is 0.469 e. The van der Waals surface area contributed by atoms with Crippen molar-refractivity contribution in [2.75, 3.05) is 13.4 Å². The molecule has 0 bridgehead atoms. The number of sulfone groups is 1. The van der Waals surface area contributed by atoms with Crippen molar-refractivity contribution in [3.63, 3.8) is 0 Å². The summed E-state index contributed by atoms with van der Waals surface area (Å²) in [5.74, 6) is -1.00. The summed E-state index contributed by atoms with van der Waals surface area (Å²) >= 11 is 5.90. The van der Waals surface area contributed by atoms with Gasteiger partial charge in [-0.2, -0.15) is 0 Å². The Kier molecular flexibility index (Phi) is 6.39. The highest BCUT2D eigenvalue weighted by atomic mass is 35.5. The van der Waals surface area contributed by atoms with Gasteiger partial charge < -0.3 is 10.1 Å². The number of hydrogen-bond acceptors (Lipinski definition) is 5. The molecule has 1 atom stereocenters.